The molecule has 0 spiro atoms. The van der Waals surface area contributed by atoms with E-state index in [9.17, 15) is 26.4 Å². The molecule has 43 heavy (non-hydrogen) atoms. The Bertz CT molecular complexity index is 1170. The second-order valence-corrected chi connectivity index (χ2v) is 14.4. The summed E-state index contributed by atoms with van der Waals surface area (Å²) in [5.74, 6) is 1.21. The van der Waals surface area contributed by atoms with Crippen molar-refractivity contribution in [2.45, 2.75) is 51.6 Å². The van der Waals surface area contributed by atoms with E-state index in [1.807, 2.05) is 24.3 Å². The van der Waals surface area contributed by atoms with Gasteiger partial charge in [0, 0.05) is 48.6 Å². The van der Waals surface area contributed by atoms with Crippen LogP contribution in [0, 0.1) is 0 Å². The molecule has 0 bridgehead atoms. The number of unbranched alkanes of at least 4 members (excludes halogenated alkanes) is 2. The van der Waals surface area contributed by atoms with Gasteiger partial charge in [0.25, 0.3) is 0 Å². The van der Waals surface area contributed by atoms with Gasteiger partial charge < -0.3 is 24.3 Å². The highest BCUT2D eigenvalue weighted by molar-refractivity contribution is 8.13. The summed E-state index contributed by atoms with van der Waals surface area (Å²) in [4.78, 5) is 21.1. The molecule has 14 heteroatoms. The summed E-state index contributed by atoms with van der Waals surface area (Å²) in [6, 6.07) is 16.2. The number of rotatable bonds is 16. The molecular weight excluding hydrogens is 622 g/mol. The quantitative estimate of drug-likeness (QED) is 0.155. The normalized spacial score (nSPS) is 10.7. The number of hydrogen-bond acceptors (Lipinski definition) is 11. The monoisotopic (exact) mass is 665 g/mol. The van der Waals surface area contributed by atoms with E-state index in [4.69, 9.17) is 20.2 Å². The van der Waals surface area contributed by atoms with Gasteiger partial charge in [0.05, 0.1) is 34.2 Å². The number of carbonyl (C=O) groups is 2. The highest BCUT2D eigenvalue weighted by Gasteiger charge is 2.06. The molecule has 11 nitrogen and oxygen atoms in total. The molecule has 0 aromatic heterocycles. The average molecular weight is 666 g/mol. The summed E-state index contributed by atoms with van der Waals surface area (Å²) >= 11 is 0. The molecule has 0 radical (unpaired) electrons. The van der Waals surface area contributed by atoms with Crippen molar-refractivity contribution < 1.29 is 45.4 Å². The maximum Gasteiger partial charge on any atom is 0.305 e. The number of esters is 2. The first-order valence-corrected chi connectivity index (χ1v) is 18.0. The molecule has 2 aromatic carbocycles. The number of sulfone groups is 1. The fourth-order valence-electron chi connectivity index (χ4n) is 3.22. The highest BCUT2D eigenvalue weighted by atomic mass is 35.7. The Morgan fingerprint density at radius 1 is 0.651 bits per heavy atom. The van der Waals surface area contributed by atoms with Crippen molar-refractivity contribution in [3.8, 4) is 11.5 Å². The molecule has 2 aromatic rings. The number of benzene rings is 2. The third-order valence-corrected chi connectivity index (χ3v) is 7.87. The third-order valence-electron chi connectivity index (χ3n) is 5.60. The molecule has 0 saturated heterocycles. The number of methoxy groups -OCH3 is 4. The van der Waals surface area contributed by atoms with Crippen molar-refractivity contribution >= 4 is 41.5 Å². The van der Waals surface area contributed by atoms with E-state index < -0.39 is 18.9 Å². The van der Waals surface area contributed by atoms with Crippen LogP contribution in [0.25, 0.3) is 0 Å². The van der Waals surface area contributed by atoms with Crippen LogP contribution in [0.15, 0.2) is 48.5 Å². The van der Waals surface area contributed by atoms with Gasteiger partial charge in [-0.05, 0) is 61.1 Å². The van der Waals surface area contributed by atoms with Gasteiger partial charge in [-0.3, -0.25) is 9.59 Å². The van der Waals surface area contributed by atoms with Crippen LogP contribution in [0.4, 0.5) is 0 Å². The van der Waals surface area contributed by atoms with Gasteiger partial charge in [-0.25, -0.2) is 16.8 Å². The summed E-state index contributed by atoms with van der Waals surface area (Å²) in [6.45, 7) is 1.69. The van der Waals surface area contributed by atoms with Crippen LogP contribution in [-0.4, -0.2) is 75.0 Å². The van der Waals surface area contributed by atoms with E-state index in [1.165, 1.54) is 31.6 Å². The predicted molar refractivity (Wildman–Crippen MR) is 168 cm³/mol. The van der Waals surface area contributed by atoms with Crippen LogP contribution < -0.4 is 14.8 Å². The molecule has 0 saturated carbocycles. The number of halogens is 1. The van der Waals surface area contributed by atoms with Crippen molar-refractivity contribution in [2.75, 3.05) is 46.2 Å². The van der Waals surface area contributed by atoms with Gasteiger partial charge in [0.1, 0.15) is 21.3 Å². The van der Waals surface area contributed by atoms with Crippen molar-refractivity contribution in [1.29, 1.82) is 0 Å². The Hall–Kier alpha value is -2.87. The largest absolute Gasteiger partial charge is 0.497 e. The maximum absolute atomic E-state index is 10.6. The predicted octanol–water partition coefficient (Wildman–Crippen LogP) is 4.27. The van der Waals surface area contributed by atoms with Gasteiger partial charge >= 0.3 is 11.9 Å². The van der Waals surface area contributed by atoms with Gasteiger partial charge in [-0.15, -0.1) is 0 Å². The summed E-state index contributed by atoms with van der Waals surface area (Å²) in [6.07, 6.45) is 3.69. The van der Waals surface area contributed by atoms with Gasteiger partial charge in [0.15, 0.2) is 0 Å². The first-order chi connectivity index (χ1) is 20.2. The third kappa shape index (κ3) is 24.3. The van der Waals surface area contributed by atoms with Crippen LogP contribution in [0.1, 0.15) is 49.7 Å². The van der Waals surface area contributed by atoms with E-state index in [2.05, 4.69) is 39.1 Å². The summed E-state index contributed by atoms with van der Waals surface area (Å²) in [5.41, 5.74) is 2.49. The Balaban J connectivity index is 0.000000648. The molecule has 0 aliphatic heterocycles. The lowest BCUT2D eigenvalue weighted by Gasteiger charge is -2.07. The van der Waals surface area contributed by atoms with E-state index >= 15 is 0 Å². The Morgan fingerprint density at radius 3 is 1.33 bits per heavy atom. The zero-order chi connectivity index (χ0) is 32.7. The van der Waals surface area contributed by atoms with Crippen LogP contribution in [-0.2, 0) is 51.0 Å². The molecule has 0 amide bonds. The molecule has 0 fully saturated rings. The summed E-state index contributed by atoms with van der Waals surface area (Å²) in [5, 5.41) is 3.41. The maximum atomic E-state index is 10.6. The average Bonchev–Trinajstić information content (AvgIpc) is 2.97. The number of carbonyl (C=O) groups excluding carboxylic acids is 2. The minimum Gasteiger partial charge on any atom is -0.497 e. The number of nitrogens with one attached hydrogen (secondary N) is 1. The van der Waals surface area contributed by atoms with Crippen LogP contribution in [0.5, 0.6) is 11.5 Å². The number of hydrogen-bond donors (Lipinski definition) is 1. The van der Waals surface area contributed by atoms with Crippen molar-refractivity contribution in [1.82, 2.24) is 5.32 Å². The van der Waals surface area contributed by atoms with Crippen LogP contribution in [0.3, 0.4) is 0 Å². The summed E-state index contributed by atoms with van der Waals surface area (Å²) in [7, 11) is 4.61. The molecule has 0 heterocycles. The molecular formula is C29H44ClNO10S2. The van der Waals surface area contributed by atoms with E-state index in [1.54, 1.807) is 14.2 Å². The van der Waals surface area contributed by atoms with Crippen LogP contribution >= 0.6 is 10.7 Å². The lowest BCUT2D eigenvalue weighted by molar-refractivity contribution is -0.141. The minimum absolute atomic E-state index is 0.0917. The molecule has 0 unspecified atom stereocenters. The van der Waals surface area contributed by atoms with Gasteiger partial charge in [-0.1, -0.05) is 24.3 Å². The highest BCUT2D eigenvalue weighted by Crippen LogP contribution is 2.13. The standard InChI is InChI=1S/C16H19NO2.C7H14O4S.C6H11ClO4S/c1-18-15-7-3-13(4-8-15)11-17-12-14-5-9-16(19-2)10-6-14;1-11-7(8)5-3-4-6-12(2,9)10;1-11-6(8)4-2-3-5-12(7,9)10/h3-10,17H,11-12H2,1-2H3;3-6H2,1-2H3;2-5H2,1H3. The minimum atomic E-state index is -3.41. The van der Waals surface area contributed by atoms with E-state index in [0.29, 0.717) is 32.1 Å². The van der Waals surface area contributed by atoms with E-state index in [-0.39, 0.29) is 29.9 Å². The van der Waals surface area contributed by atoms with Gasteiger partial charge in [0.2, 0.25) is 9.05 Å². The van der Waals surface area contributed by atoms with Crippen molar-refractivity contribution in [2.24, 2.45) is 0 Å². The van der Waals surface area contributed by atoms with E-state index in [0.717, 1.165) is 24.6 Å². The molecule has 0 atom stereocenters. The lowest BCUT2D eigenvalue weighted by atomic mass is 10.2. The first kappa shape index (κ1) is 40.1. The Labute approximate surface area is 260 Å². The zero-order valence-corrected chi connectivity index (χ0v) is 27.9. The molecule has 2 rings (SSSR count). The first-order valence-electron chi connectivity index (χ1n) is 13.4. The molecule has 244 valence electrons. The molecule has 1 N–H and O–H groups in total. The molecule has 0 aliphatic carbocycles. The number of ether oxygens (including phenoxy) is 4. The second-order valence-electron chi connectivity index (χ2n) is 9.24. The fraction of sp³-hybridized carbons (Fsp3) is 0.517. The fourth-order valence-corrected chi connectivity index (χ4v) is 4.82. The zero-order valence-electron chi connectivity index (χ0n) is 25.5. The van der Waals surface area contributed by atoms with Crippen molar-refractivity contribution in [3.05, 3.63) is 59.7 Å². The SMILES string of the molecule is COC(=O)CCCCS(=O)(=O)Cl.COC(=O)CCCCS(C)(=O)=O.COc1ccc(CNCc2ccc(OC)cc2)cc1. The lowest BCUT2D eigenvalue weighted by Crippen LogP contribution is -2.12. The Kier molecular flexibility index (Phi) is 21.1. The topological polar surface area (TPSA) is 151 Å². The second kappa shape index (κ2) is 22.6. The smallest absolute Gasteiger partial charge is 0.305 e. The summed E-state index contributed by atoms with van der Waals surface area (Å²) < 4.78 is 61.1. The molecule has 0 aliphatic rings. The van der Waals surface area contributed by atoms with Crippen LogP contribution in [0.2, 0.25) is 0 Å². The van der Waals surface area contributed by atoms with Crippen molar-refractivity contribution in [3.63, 3.8) is 0 Å². The Morgan fingerprint density at radius 2 is 1.02 bits per heavy atom. The van der Waals surface area contributed by atoms with Gasteiger partial charge in [-0.2, -0.15) is 0 Å².